The van der Waals surface area contributed by atoms with Gasteiger partial charge in [-0.2, -0.15) is 0 Å². The lowest BCUT2D eigenvalue weighted by atomic mass is 9.86. The second-order valence-corrected chi connectivity index (χ2v) is 22.7. The monoisotopic (exact) mass is 954 g/mol. The molecule has 6 rings (SSSR count). The maximum absolute atomic E-state index is 13.6. The number of hydrogen-bond acceptors (Lipinski definition) is 12. The second-order valence-electron chi connectivity index (χ2n) is 17.1. The third-order valence-electron chi connectivity index (χ3n) is 11.4. The van der Waals surface area contributed by atoms with Crippen LogP contribution < -0.4 is 19.3 Å². The van der Waals surface area contributed by atoms with Crippen molar-refractivity contribution in [2.75, 3.05) is 60.1 Å². The van der Waals surface area contributed by atoms with Gasteiger partial charge < -0.3 is 29.5 Å². The molecule has 0 saturated carbocycles. The van der Waals surface area contributed by atoms with Crippen LogP contribution in [0.3, 0.4) is 0 Å². The summed E-state index contributed by atoms with van der Waals surface area (Å²) in [6, 6.07) is 26.6. The number of benzene rings is 4. The number of rotatable bonds is 18. The van der Waals surface area contributed by atoms with E-state index in [9.17, 15) is 26.4 Å². The molecule has 348 valence electrons. The lowest BCUT2D eigenvalue weighted by Crippen LogP contribution is -2.35. The molecule has 0 unspecified atom stereocenters. The van der Waals surface area contributed by atoms with Gasteiger partial charge in [0.2, 0.25) is 0 Å². The van der Waals surface area contributed by atoms with Gasteiger partial charge in [-0.05, 0) is 72.6 Å². The van der Waals surface area contributed by atoms with Gasteiger partial charge in [0.05, 0.1) is 68.5 Å². The number of anilines is 4. The fraction of sp³-hybridized carbons (Fsp3) is 0.458. The maximum Gasteiger partial charge on any atom is 0.306 e. The first-order valence-electron chi connectivity index (χ1n) is 21.6. The summed E-state index contributed by atoms with van der Waals surface area (Å²) in [4.78, 5) is 28.0. The van der Waals surface area contributed by atoms with E-state index in [1.54, 1.807) is 12.1 Å². The number of carboxylic acids is 2. The standard InChI is InChI=1S/2C24H31NO5S2/c2*1-4-5-12-24(2)16-25(18-9-7-6-8-10-18)19-14-21(31-3)20(30-13-11-23(26)27)15-22(19)32(28,29)17-24/h2*6-10,14-15H,4-5,11-13,16-17H2,1-3H3,(H,26,27)/t2*24-/m10/s1. The summed E-state index contributed by atoms with van der Waals surface area (Å²) in [5, 5.41) is 17.9. The summed E-state index contributed by atoms with van der Waals surface area (Å²) in [6.07, 6.45) is 9.07. The van der Waals surface area contributed by atoms with Crippen molar-refractivity contribution in [3.63, 3.8) is 0 Å². The molecule has 2 heterocycles. The molecular formula is C48H62N2O10S4. The van der Waals surface area contributed by atoms with Crippen molar-refractivity contribution in [3.05, 3.63) is 84.9 Å². The molecule has 0 fully saturated rings. The summed E-state index contributed by atoms with van der Waals surface area (Å²) < 4.78 is 65.8. The van der Waals surface area contributed by atoms with E-state index in [1.165, 1.54) is 23.5 Å². The Kier molecular flexibility index (Phi) is 17.6. The Morgan fingerprint density at radius 2 is 0.984 bits per heavy atom. The molecule has 2 aliphatic rings. The Morgan fingerprint density at radius 1 is 0.625 bits per heavy atom. The molecule has 0 amide bonds. The van der Waals surface area contributed by atoms with E-state index >= 15 is 0 Å². The van der Waals surface area contributed by atoms with Crippen LogP contribution in [0, 0.1) is 10.8 Å². The molecule has 0 aromatic heterocycles. The molecule has 64 heavy (non-hydrogen) atoms. The van der Waals surface area contributed by atoms with Crippen LogP contribution in [0.1, 0.15) is 79.1 Å². The van der Waals surface area contributed by atoms with Crippen LogP contribution in [0.25, 0.3) is 0 Å². The van der Waals surface area contributed by atoms with E-state index < -0.39 is 42.4 Å². The number of fused-ring (bicyclic) bond motifs is 2. The molecule has 0 radical (unpaired) electrons. The number of unbranched alkanes of at least 4 members (excludes halogenated alkanes) is 2. The zero-order valence-corrected chi connectivity index (χ0v) is 40.9. The molecule has 0 aliphatic carbocycles. The molecule has 2 N–H and O–H groups in total. The van der Waals surface area contributed by atoms with Gasteiger partial charge >= 0.3 is 11.9 Å². The van der Waals surface area contributed by atoms with Gasteiger partial charge in [0.25, 0.3) is 0 Å². The third-order valence-corrected chi connectivity index (χ3v) is 17.1. The van der Waals surface area contributed by atoms with Crippen LogP contribution in [-0.4, -0.2) is 89.3 Å². The van der Waals surface area contributed by atoms with Crippen LogP contribution in [0.2, 0.25) is 0 Å². The van der Waals surface area contributed by atoms with Crippen LogP contribution >= 0.6 is 23.5 Å². The normalized spacial score (nSPS) is 19.8. The largest absolute Gasteiger partial charge is 0.492 e. The van der Waals surface area contributed by atoms with Gasteiger partial charge in [-0.3, -0.25) is 9.59 Å². The summed E-state index contributed by atoms with van der Waals surface area (Å²) in [7, 11) is -7.19. The highest BCUT2D eigenvalue weighted by Gasteiger charge is 2.41. The quantitative estimate of drug-likeness (QED) is 0.0904. The number of carbonyl (C=O) groups is 2. The minimum Gasteiger partial charge on any atom is -0.492 e. The Bertz CT molecular complexity index is 2280. The van der Waals surface area contributed by atoms with Crippen LogP contribution in [0.4, 0.5) is 22.7 Å². The lowest BCUT2D eigenvalue weighted by Gasteiger charge is -2.34. The van der Waals surface area contributed by atoms with Crippen molar-refractivity contribution in [1.29, 1.82) is 0 Å². The molecule has 16 heteroatoms. The number of para-hydroxylation sites is 2. The Labute approximate surface area is 388 Å². The van der Waals surface area contributed by atoms with Gasteiger partial charge in [-0.1, -0.05) is 89.8 Å². The summed E-state index contributed by atoms with van der Waals surface area (Å²) in [5.74, 6) is -0.981. The molecule has 0 spiro atoms. The number of aliphatic carboxylic acids is 2. The number of thioether (sulfide) groups is 2. The second kappa shape index (κ2) is 22.2. The number of nitrogens with zero attached hydrogens (tertiary/aromatic N) is 2. The first-order valence-corrected chi connectivity index (χ1v) is 27.4. The van der Waals surface area contributed by atoms with Crippen molar-refractivity contribution in [1.82, 2.24) is 0 Å². The van der Waals surface area contributed by atoms with Gasteiger partial charge in [-0.15, -0.1) is 23.5 Å². The fourth-order valence-electron chi connectivity index (χ4n) is 8.31. The van der Waals surface area contributed by atoms with E-state index in [2.05, 4.69) is 37.5 Å². The highest BCUT2D eigenvalue weighted by Crippen LogP contribution is 2.48. The Morgan fingerprint density at radius 3 is 1.30 bits per heavy atom. The van der Waals surface area contributed by atoms with Crippen molar-refractivity contribution >= 4 is 77.9 Å². The Balaban J connectivity index is 0.000000241. The van der Waals surface area contributed by atoms with Gasteiger partial charge in [0.1, 0.15) is 11.5 Å². The number of hydrogen-bond donors (Lipinski definition) is 2. The molecule has 2 aliphatic heterocycles. The average molecular weight is 955 g/mol. The molecular weight excluding hydrogens is 893 g/mol. The minimum atomic E-state index is -3.59. The molecule has 0 saturated heterocycles. The smallest absolute Gasteiger partial charge is 0.306 e. The van der Waals surface area contributed by atoms with Crippen molar-refractivity contribution in [3.8, 4) is 11.5 Å². The SMILES string of the molecule is CCCC[C@@]1(C)CN(c2ccccc2)c2cc(SC)c(OCCC(=O)O)cc2S(=O)(=O)C1.CCCC[C@]1(C)CN(c2ccccc2)c2cc(SC)c(OCCC(=O)O)cc2S(=O)(=O)C1. The van der Waals surface area contributed by atoms with Gasteiger partial charge in [0.15, 0.2) is 19.7 Å². The minimum absolute atomic E-state index is 0.0155. The Hall–Kier alpha value is -4.38. The number of ether oxygens (including phenoxy) is 2. The average Bonchev–Trinajstić information content (AvgIpc) is 3.40. The van der Waals surface area contributed by atoms with E-state index in [4.69, 9.17) is 19.7 Å². The molecule has 2 atom stereocenters. The van der Waals surface area contributed by atoms with Crippen LogP contribution in [0.15, 0.2) is 105 Å². The predicted octanol–water partition coefficient (Wildman–Crippen LogP) is 10.8. The molecule has 12 nitrogen and oxygen atoms in total. The summed E-state index contributed by atoms with van der Waals surface area (Å²) in [6.45, 7) is 9.50. The first-order chi connectivity index (χ1) is 30.4. The highest BCUT2D eigenvalue weighted by atomic mass is 32.2. The third kappa shape index (κ3) is 12.9. The predicted molar refractivity (Wildman–Crippen MR) is 258 cm³/mol. The van der Waals surface area contributed by atoms with Gasteiger partial charge in [-0.25, -0.2) is 16.8 Å². The highest BCUT2D eigenvalue weighted by molar-refractivity contribution is 7.99. The van der Waals surface area contributed by atoms with Gasteiger partial charge in [0, 0.05) is 36.6 Å². The lowest BCUT2D eigenvalue weighted by molar-refractivity contribution is -0.138. The maximum atomic E-state index is 13.6. The fourth-order valence-corrected chi connectivity index (χ4v) is 13.6. The zero-order valence-electron chi connectivity index (χ0n) is 37.7. The molecule has 4 aromatic carbocycles. The number of sulfone groups is 2. The molecule has 0 bridgehead atoms. The van der Waals surface area contributed by atoms with Crippen LogP contribution in [-0.2, 0) is 29.3 Å². The molecule has 4 aromatic rings. The zero-order chi connectivity index (χ0) is 46.7. The van der Waals surface area contributed by atoms with Crippen molar-refractivity contribution in [2.24, 2.45) is 10.8 Å². The first kappa shape index (κ1) is 50.6. The van der Waals surface area contributed by atoms with E-state index in [1.807, 2.05) is 85.3 Å². The summed E-state index contributed by atoms with van der Waals surface area (Å²) in [5.41, 5.74) is 2.36. The van der Waals surface area contributed by atoms with Crippen LogP contribution in [0.5, 0.6) is 11.5 Å². The van der Waals surface area contributed by atoms with E-state index in [0.29, 0.717) is 36.0 Å². The topological polar surface area (TPSA) is 168 Å². The number of carboxylic acid groups (broad SMARTS) is 2. The summed E-state index contributed by atoms with van der Waals surface area (Å²) >= 11 is 2.90. The van der Waals surface area contributed by atoms with Crippen molar-refractivity contribution in [2.45, 2.75) is 98.6 Å². The van der Waals surface area contributed by atoms with E-state index in [0.717, 1.165) is 59.7 Å². The van der Waals surface area contributed by atoms with Crippen molar-refractivity contribution < 1.29 is 46.1 Å². The van der Waals surface area contributed by atoms with E-state index in [-0.39, 0.29) is 47.4 Å².